The molecule has 0 atom stereocenters. The van der Waals surface area contributed by atoms with Crippen molar-refractivity contribution >= 4 is 43.9 Å². The smallest absolute Gasteiger partial charge is 0.164 e. The van der Waals surface area contributed by atoms with E-state index < -0.39 is 0 Å². The van der Waals surface area contributed by atoms with Gasteiger partial charge in [0.1, 0.15) is 22.3 Å². The zero-order valence-corrected chi connectivity index (χ0v) is 33.4. The molecular formula is C57H35N3O2. The lowest BCUT2D eigenvalue weighted by molar-refractivity contribution is 0.668. The van der Waals surface area contributed by atoms with Gasteiger partial charge in [0.05, 0.1) is 0 Å². The Morgan fingerprint density at radius 1 is 0.258 bits per heavy atom. The van der Waals surface area contributed by atoms with Gasteiger partial charge in [0, 0.05) is 38.2 Å². The predicted molar refractivity (Wildman–Crippen MR) is 252 cm³/mol. The normalized spacial score (nSPS) is 11.5. The van der Waals surface area contributed by atoms with Crippen LogP contribution in [0.2, 0.25) is 0 Å². The average molecular weight is 794 g/mol. The van der Waals surface area contributed by atoms with E-state index in [1.807, 2.05) is 72.8 Å². The number of para-hydroxylation sites is 2. The highest BCUT2D eigenvalue weighted by atomic mass is 16.3. The highest BCUT2D eigenvalue weighted by Gasteiger charge is 2.21. The molecule has 3 aromatic heterocycles. The molecule has 0 bridgehead atoms. The molecule has 3 heterocycles. The zero-order chi connectivity index (χ0) is 41.0. The molecule has 0 fully saturated rings. The Balaban J connectivity index is 1.05. The monoisotopic (exact) mass is 793 g/mol. The van der Waals surface area contributed by atoms with Crippen LogP contribution in [0.4, 0.5) is 0 Å². The molecule has 62 heavy (non-hydrogen) atoms. The maximum atomic E-state index is 6.27. The second kappa shape index (κ2) is 14.7. The zero-order valence-electron chi connectivity index (χ0n) is 33.4. The van der Waals surface area contributed by atoms with E-state index in [-0.39, 0.29) is 0 Å². The first-order chi connectivity index (χ1) is 30.7. The fourth-order valence-electron chi connectivity index (χ4n) is 8.81. The third-order valence-electron chi connectivity index (χ3n) is 11.8. The number of nitrogens with zero attached hydrogens (tertiary/aromatic N) is 3. The molecule has 0 aliphatic heterocycles. The second-order valence-electron chi connectivity index (χ2n) is 15.5. The van der Waals surface area contributed by atoms with Crippen molar-refractivity contribution in [3.05, 3.63) is 212 Å². The number of benzene rings is 9. The number of rotatable bonds is 7. The summed E-state index contributed by atoms with van der Waals surface area (Å²) in [7, 11) is 0. The highest BCUT2D eigenvalue weighted by molar-refractivity contribution is 6.12. The molecule has 0 saturated carbocycles. The van der Waals surface area contributed by atoms with E-state index in [0.29, 0.717) is 17.5 Å². The van der Waals surface area contributed by atoms with Gasteiger partial charge in [0.15, 0.2) is 17.5 Å². The van der Waals surface area contributed by atoms with Crippen molar-refractivity contribution in [2.75, 3.05) is 0 Å². The van der Waals surface area contributed by atoms with Crippen molar-refractivity contribution in [3.63, 3.8) is 0 Å². The van der Waals surface area contributed by atoms with Crippen molar-refractivity contribution < 1.29 is 8.83 Å². The highest BCUT2D eigenvalue weighted by Crippen LogP contribution is 2.45. The Morgan fingerprint density at radius 3 is 1.45 bits per heavy atom. The third kappa shape index (κ3) is 6.14. The molecular weight excluding hydrogens is 759 g/mol. The van der Waals surface area contributed by atoms with Crippen LogP contribution in [0.1, 0.15) is 0 Å². The minimum absolute atomic E-state index is 0.587. The standard InChI is InChI=1S/C57H35N3O2/c1-4-15-36(16-5-1)42-34-46(53(38-17-6-2-7-18-38)47(35-42)41-31-32-51-48(33-41)43-21-10-12-24-49(43)61-51)37-27-29-40(30-28-37)56-58-55(39-19-8-3-9-20-39)59-57(60-56)45-23-14-26-52-54(45)44-22-11-13-25-50(44)62-52/h1-35H. The van der Waals surface area contributed by atoms with Crippen LogP contribution in [0.15, 0.2) is 221 Å². The van der Waals surface area contributed by atoms with Gasteiger partial charge in [-0.05, 0) is 87.0 Å². The molecule has 12 aromatic rings. The number of furan rings is 2. The summed E-state index contributed by atoms with van der Waals surface area (Å²) in [6.07, 6.45) is 0. The topological polar surface area (TPSA) is 65.0 Å². The maximum Gasteiger partial charge on any atom is 0.164 e. The number of fused-ring (bicyclic) bond motifs is 6. The van der Waals surface area contributed by atoms with Gasteiger partial charge in [-0.15, -0.1) is 0 Å². The molecule has 0 N–H and O–H groups in total. The SMILES string of the molecule is c1ccc(-c2cc(-c3ccc(-c4nc(-c5ccccc5)nc(-c5cccc6oc7ccccc7c56)n4)cc3)c(-c3ccccc3)c(-c3ccc4oc5ccccc5c4c3)c2)cc1. The predicted octanol–water partition coefficient (Wildman–Crippen LogP) is 15.3. The van der Waals surface area contributed by atoms with Crippen LogP contribution in [-0.4, -0.2) is 15.0 Å². The maximum absolute atomic E-state index is 6.27. The molecule has 0 aliphatic carbocycles. The molecule has 0 amide bonds. The minimum Gasteiger partial charge on any atom is -0.456 e. The lowest BCUT2D eigenvalue weighted by atomic mass is 9.84. The molecule has 0 unspecified atom stereocenters. The van der Waals surface area contributed by atoms with Crippen LogP contribution in [0, 0.1) is 0 Å². The third-order valence-corrected chi connectivity index (χ3v) is 11.8. The van der Waals surface area contributed by atoms with Crippen molar-refractivity contribution in [3.8, 4) is 78.7 Å². The Morgan fingerprint density at radius 2 is 0.742 bits per heavy atom. The van der Waals surface area contributed by atoms with E-state index in [2.05, 4.69) is 140 Å². The average Bonchev–Trinajstić information content (AvgIpc) is 3.93. The van der Waals surface area contributed by atoms with E-state index >= 15 is 0 Å². The van der Waals surface area contributed by atoms with Gasteiger partial charge in [-0.2, -0.15) is 0 Å². The Kier molecular flexibility index (Phi) is 8.42. The van der Waals surface area contributed by atoms with Gasteiger partial charge in [0.2, 0.25) is 0 Å². The molecule has 0 aliphatic rings. The van der Waals surface area contributed by atoms with Gasteiger partial charge in [-0.3, -0.25) is 0 Å². The summed E-state index contributed by atoms with van der Waals surface area (Å²) in [5.74, 6) is 1.78. The van der Waals surface area contributed by atoms with Crippen LogP contribution in [0.5, 0.6) is 0 Å². The van der Waals surface area contributed by atoms with Crippen LogP contribution >= 0.6 is 0 Å². The second-order valence-corrected chi connectivity index (χ2v) is 15.5. The summed E-state index contributed by atoms with van der Waals surface area (Å²) >= 11 is 0. The van der Waals surface area contributed by atoms with Gasteiger partial charge in [0.25, 0.3) is 0 Å². The van der Waals surface area contributed by atoms with E-state index in [1.54, 1.807) is 0 Å². The Hall–Kier alpha value is -8.41. The molecule has 12 rings (SSSR count). The molecule has 290 valence electrons. The minimum atomic E-state index is 0.587. The molecule has 5 heteroatoms. The first-order valence-corrected chi connectivity index (χ1v) is 20.8. The van der Waals surface area contributed by atoms with Crippen LogP contribution in [-0.2, 0) is 0 Å². The Bertz CT molecular complexity index is 3610. The lowest BCUT2D eigenvalue weighted by Gasteiger charge is -2.19. The molecule has 0 radical (unpaired) electrons. The molecule has 5 nitrogen and oxygen atoms in total. The quantitative estimate of drug-likeness (QED) is 0.161. The van der Waals surface area contributed by atoms with Crippen LogP contribution < -0.4 is 0 Å². The summed E-state index contributed by atoms with van der Waals surface area (Å²) in [5, 5.41) is 4.21. The van der Waals surface area contributed by atoms with Gasteiger partial charge in [-0.1, -0.05) is 170 Å². The number of hydrogen-bond donors (Lipinski definition) is 0. The summed E-state index contributed by atoms with van der Waals surface area (Å²) in [6.45, 7) is 0. The lowest BCUT2D eigenvalue weighted by Crippen LogP contribution is -2.00. The van der Waals surface area contributed by atoms with Crippen LogP contribution in [0.25, 0.3) is 123 Å². The van der Waals surface area contributed by atoms with Crippen LogP contribution in [0.3, 0.4) is 0 Å². The molecule has 0 spiro atoms. The summed E-state index contributed by atoms with van der Waals surface area (Å²) in [4.78, 5) is 15.4. The van der Waals surface area contributed by atoms with Crippen molar-refractivity contribution in [1.29, 1.82) is 0 Å². The fraction of sp³-hybridized carbons (Fsp3) is 0. The summed E-state index contributed by atoms with van der Waals surface area (Å²) in [5.41, 5.74) is 15.1. The largest absolute Gasteiger partial charge is 0.456 e. The van der Waals surface area contributed by atoms with Crippen molar-refractivity contribution in [2.24, 2.45) is 0 Å². The first kappa shape index (κ1) is 35.5. The summed E-state index contributed by atoms with van der Waals surface area (Å²) in [6, 6.07) is 73.7. The van der Waals surface area contributed by atoms with Gasteiger partial charge in [-0.25, -0.2) is 15.0 Å². The molecule has 9 aromatic carbocycles. The molecule has 0 saturated heterocycles. The van der Waals surface area contributed by atoms with E-state index in [0.717, 1.165) is 105 Å². The number of aromatic nitrogens is 3. The number of hydrogen-bond acceptors (Lipinski definition) is 5. The Labute approximate surface area is 357 Å². The van der Waals surface area contributed by atoms with E-state index in [1.165, 1.54) is 0 Å². The van der Waals surface area contributed by atoms with Crippen molar-refractivity contribution in [1.82, 2.24) is 15.0 Å². The van der Waals surface area contributed by atoms with Gasteiger partial charge >= 0.3 is 0 Å². The summed E-state index contributed by atoms with van der Waals surface area (Å²) < 4.78 is 12.5. The van der Waals surface area contributed by atoms with E-state index in [4.69, 9.17) is 23.8 Å². The fourth-order valence-corrected chi connectivity index (χ4v) is 8.81. The van der Waals surface area contributed by atoms with Crippen molar-refractivity contribution in [2.45, 2.75) is 0 Å². The van der Waals surface area contributed by atoms with Gasteiger partial charge < -0.3 is 8.83 Å². The van der Waals surface area contributed by atoms with E-state index in [9.17, 15) is 0 Å². The first-order valence-electron chi connectivity index (χ1n) is 20.8.